The number of nitrogens with one attached hydrogen (secondary N) is 1. The summed E-state index contributed by atoms with van der Waals surface area (Å²) >= 11 is 0. The van der Waals surface area contributed by atoms with Crippen molar-refractivity contribution in [1.29, 1.82) is 0 Å². The lowest BCUT2D eigenvalue weighted by Crippen LogP contribution is -2.52. The number of carbonyl (C=O) groups is 1. The molecule has 0 aromatic carbocycles. The minimum absolute atomic E-state index is 0.0450. The van der Waals surface area contributed by atoms with E-state index in [1.165, 1.54) is 32.4 Å². The Hall–Kier alpha value is -0.610. The SMILES string of the molecule is CCNC1(C(=O)OCC)CCC(N2CCCCC2)C1. The van der Waals surface area contributed by atoms with Crippen molar-refractivity contribution in [1.82, 2.24) is 10.2 Å². The van der Waals surface area contributed by atoms with Crippen molar-refractivity contribution in [3.63, 3.8) is 0 Å². The highest BCUT2D eigenvalue weighted by molar-refractivity contribution is 5.81. The Morgan fingerprint density at radius 2 is 2.05 bits per heavy atom. The van der Waals surface area contributed by atoms with Gasteiger partial charge in [-0.1, -0.05) is 13.3 Å². The van der Waals surface area contributed by atoms with Gasteiger partial charge in [0.15, 0.2) is 0 Å². The number of likely N-dealkylation sites (N-methyl/N-ethyl adjacent to an activating group) is 1. The first-order valence-electron chi connectivity index (χ1n) is 7.88. The van der Waals surface area contributed by atoms with Gasteiger partial charge in [0, 0.05) is 6.04 Å². The van der Waals surface area contributed by atoms with Gasteiger partial charge in [-0.15, -0.1) is 0 Å². The Morgan fingerprint density at radius 3 is 2.68 bits per heavy atom. The number of piperidine rings is 1. The molecule has 1 N–H and O–H groups in total. The molecule has 2 fully saturated rings. The highest BCUT2D eigenvalue weighted by Gasteiger charge is 2.47. The van der Waals surface area contributed by atoms with Gasteiger partial charge in [-0.3, -0.25) is 4.79 Å². The third kappa shape index (κ3) is 3.29. The van der Waals surface area contributed by atoms with Gasteiger partial charge >= 0.3 is 5.97 Å². The lowest BCUT2D eigenvalue weighted by atomic mass is 9.96. The largest absolute Gasteiger partial charge is 0.465 e. The maximum absolute atomic E-state index is 12.3. The topological polar surface area (TPSA) is 41.6 Å². The third-order valence-corrected chi connectivity index (χ3v) is 4.58. The van der Waals surface area contributed by atoms with E-state index in [2.05, 4.69) is 17.1 Å². The second-order valence-corrected chi connectivity index (χ2v) is 5.83. The molecule has 0 spiro atoms. The Bertz CT molecular complexity index is 303. The molecular formula is C15H28N2O2. The lowest BCUT2D eigenvalue weighted by Gasteiger charge is -2.34. The molecule has 2 unspecified atom stereocenters. The molecule has 4 nitrogen and oxygen atoms in total. The second kappa shape index (κ2) is 6.71. The van der Waals surface area contributed by atoms with Crippen molar-refractivity contribution < 1.29 is 9.53 Å². The van der Waals surface area contributed by atoms with Crippen LogP contribution in [0, 0.1) is 0 Å². The number of ether oxygens (including phenoxy) is 1. The van der Waals surface area contributed by atoms with Crippen molar-refractivity contribution in [2.24, 2.45) is 0 Å². The third-order valence-electron chi connectivity index (χ3n) is 4.58. The minimum atomic E-state index is -0.424. The van der Waals surface area contributed by atoms with Gasteiger partial charge in [0.2, 0.25) is 0 Å². The van der Waals surface area contributed by atoms with Crippen LogP contribution in [0.3, 0.4) is 0 Å². The zero-order chi connectivity index (χ0) is 13.7. The van der Waals surface area contributed by atoms with Crippen molar-refractivity contribution in [3.8, 4) is 0 Å². The van der Waals surface area contributed by atoms with Gasteiger partial charge in [0.1, 0.15) is 5.54 Å². The molecule has 4 heteroatoms. The molecule has 0 aromatic rings. The summed E-state index contributed by atoms with van der Waals surface area (Å²) in [6.07, 6.45) is 6.93. The minimum Gasteiger partial charge on any atom is -0.465 e. The van der Waals surface area contributed by atoms with Gasteiger partial charge in [-0.05, 0) is 58.7 Å². The molecule has 0 aromatic heterocycles. The van der Waals surface area contributed by atoms with Crippen LogP contribution in [0.1, 0.15) is 52.4 Å². The molecule has 1 aliphatic carbocycles. The zero-order valence-electron chi connectivity index (χ0n) is 12.4. The summed E-state index contributed by atoms with van der Waals surface area (Å²) in [7, 11) is 0. The molecule has 2 atom stereocenters. The van der Waals surface area contributed by atoms with E-state index in [-0.39, 0.29) is 5.97 Å². The standard InChI is InChI=1S/C15H28N2O2/c1-3-16-15(14(18)19-4-2)9-8-13(12-15)17-10-6-5-7-11-17/h13,16H,3-12H2,1-2H3. The second-order valence-electron chi connectivity index (χ2n) is 5.83. The number of esters is 1. The summed E-state index contributed by atoms with van der Waals surface area (Å²) in [5.41, 5.74) is -0.424. The number of rotatable bonds is 5. The van der Waals surface area contributed by atoms with Crippen LogP contribution in [0.5, 0.6) is 0 Å². The van der Waals surface area contributed by atoms with Crippen LogP contribution in [0.25, 0.3) is 0 Å². The first-order chi connectivity index (χ1) is 9.22. The Balaban J connectivity index is 1.99. The van der Waals surface area contributed by atoms with E-state index in [0.29, 0.717) is 12.6 Å². The molecule has 0 radical (unpaired) electrons. The Kier molecular flexibility index (Phi) is 5.22. The molecule has 0 bridgehead atoms. The van der Waals surface area contributed by atoms with Gasteiger partial charge in [-0.25, -0.2) is 0 Å². The molecule has 19 heavy (non-hydrogen) atoms. The molecule has 0 amide bonds. The van der Waals surface area contributed by atoms with E-state index >= 15 is 0 Å². The molecule has 2 aliphatic rings. The summed E-state index contributed by atoms with van der Waals surface area (Å²) in [5.74, 6) is -0.0450. The van der Waals surface area contributed by atoms with Crippen molar-refractivity contribution in [3.05, 3.63) is 0 Å². The first kappa shape index (κ1) is 14.8. The normalized spacial score (nSPS) is 32.4. The highest BCUT2D eigenvalue weighted by atomic mass is 16.5. The monoisotopic (exact) mass is 268 g/mol. The molecule has 1 saturated carbocycles. The summed E-state index contributed by atoms with van der Waals surface area (Å²) < 4.78 is 5.30. The van der Waals surface area contributed by atoms with Crippen molar-refractivity contribution in [2.75, 3.05) is 26.2 Å². The van der Waals surface area contributed by atoms with Crippen molar-refractivity contribution in [2.45, 2.75) is 64.0 Å². The van der Waals surface area contributed by atoms with Crippen molar-refractivity contribution >= 4 is 5.97 Å². The highest BCUT2D eigenvalue weighted by Crippen LogP contribution is 2.35. The van der Waals surface area contributed by atoms with Crippen LogP contribution in [0.4, 0.5) is 0 Å². The van der Waals surface area contributed by atoms with Gasteiger partial charge < -0.3 is 15.0 Å². The molecular weight excluding hydrogens is 240 g/mol. The van der Waals surface area contributed by atoms with Gasteiger partial charge in [0.25, 0.3) is 0 Å². The summed E-state index contributed by atoms with van der Waals surface area (Å²) in [6.45, 7) is 7.65. The smallest absolute Gasteiger partial charge is 0.326 e. The number of hydrogen-bond donors (Lipinski definition) is 1. The van der Waals surface area contributed by atoms with Gasteiger partial charge in [0.05, 0.1) is 6.61 Å². The van der Waals surface area contributed by atoms with Crippen LogP contribution in [0.2, 0.25) is 0 Å². The molecule has 110 valence electrons. The van der Waals surface area contributed by atoms with Gasteiger partial charge in [-0.2, -0.15) is 0 Å². The van der Waals surface area contributed by atoms with E-state index < -0.39 is 5.54 Å². The fraction of sp³-hybridized carbons (Fsp3) is 0.933. The number of hydrogen-bond acceptors (Lipinski definition) is 4. The summed E-state index contributed by atoms with van der Waals surface area (Å²) in [5, 5.41) is 3.41. The molecule has 2 rings (SSSR count). The van der Waals surface area contributed by atoms with E-state index in [4.69, 9.17) is 4.74 Å². The van der Waals surface area contributed by atoms with Crippen LogP contribution < -0.4 is 5.32 Å². The van der Waals surface area contributed by atoms with Crippen LogP contribution in [0.15, 0.2) is 0 Å². The fourth-order valence-corrected chi connectivity index (χ4v) is 3.64. The predicted octanol–water partition coefficient (Wildman–Crippen LogP) is 1.94. The van der Waals surface area contributed by atoms with Crippen LogP contribution in [-0.2, 0) is 9.53 Å². The maximum atomic E-state index is 12.3. The average molecular weight is 268 g/mol. The number of likely N-dealkylation sites (tertiary alicyclic amines) is 1. The quantitative estimate of drug-likeness (QED) is 0.774. The Morgan fingerprint density at radius 1 is 1.32 bits per heavy atom. The average Bonchev–Trinajstić information content (AvgIpc) is 2.86. The predicted molar refractivity (Wildman–Crippen MR) is 76.1 cm³/mol. The number of nitrogens with zero attached hydrogens (tertiary/aromatic N) is 1. The van der Waals surface area contributed by atoms with E-state index in [1.807, 2.05) is 6.92 Å². The molecule has 1 aliphatic heterocycles. The molecule has 1 saturated heterocycles. The van der Waals surface area contributed by atoms with E-state index in [1.54, 1.807) is 0 Å². The number of carbonyl (C=O) groups excluding carboxylic acids is 1. The zero-order valence-corrected chi connectivity index (χ0v) is 12.4. The Labute approximate surface area is 116 Å². The fourth-order valence-electron chi connectivity index (χ4n) is 3.64. The first-order valence-corrected chi connectivity index (χ1v) is 7.88. The lowest BCUT2D eigenvalue weighted by molar-refractivity contribution is -0.151. The van der Waals surface area contributed by atoms with Crippen LogP contribution in [-0.4, -0.2) is 48.7 Å². The summed E-state index contributed by atoms with van der Waals surface area (Å²) in [4.78, 5) is 14.9. The van der Waals surface area contributed by atoms with Crippen LogP contribution >= 0.6 is 0 Å². The van der Waals surface area contributed by atoms with E-state index in [9.17, 15) is 4.79 Å². The maximum Gasteiger partial charge on any atom is 0.326 e. The van der Waals surface area contributed by atoms with E-state index in [0.717, 1.165) is 25.8 Å². The molecule has 1 heterocycles. The summed E-state index contributed by atoms with van der Waals surface area (Å²) in [6, 6.07) is 0.559.